The van der Waals surface area contributed by atoms with Crippen molar-refractivity contribution in [3.63, 3.8) is 0 Å². The first-order valence-corrected chi connectivity index (χ1v) is 11.2. The number of hydrogen-bond donors (Lipinski definition) is 2. The van der Waals surface area contributed by atoms with Crippen LogP contribution < -0.4 is 10.1 Å². The van der Waals surface area contributed by atoms with Crippen LogP contribution in [0.5, 0.6) is 11.6 Å². The number of piperidine rings is 2. The number of phenols is 1. The molecule has 0 amide bonds. The number of nitrogens with zero attached hydrogens (tertiary/aromatic N) is 2. The summed E-state index contributed by atoms with van der Waals surface area (Å²) in [5, 5.41) is 22.2. The van der Waals surface area contributed by atoms with Gasteiger partial charge in [-0.15, -0.1) is 21.5 Å². The van der Waals surface area contributed by atoms with E-state index < -0.39 is 12.3 Å². The Balaban J connectivity index is 1.31. The predicted molar refractivity (Wildman–Crippen MR) is 116 cm³/mol. The third kappa shape index (κ3) is 3.79. The fraction of sp³-hybridized carbons (Fsp3) is 0.391. The van der Waals surface area contributed by atoms with Crippen LogP contribution in [-0.2, 0) is 0 Å². The molecule has 2 saturated heterocycles. The summed E-state index contributed by atoms with van der Waals surface area (Å²) in [4.78, 5) is 2.33. The molecule has 4 atom stereocenters. The van der Waals surface area contributed by atoms with Crippen molar-refractivity contribution < 1.29 is 14.2 Å². The average Bonchev–Trinajstić information content (AvgIpc) is 3.19. The minimum atomic E-state index is -1.04. The molecule has 4 heterocycles. The summed E-state index contributed by atoms with van der Waals surface area (Å²) in [6, 6.07) is 13.3. The molecule has 5 rings (SSSR count). The zero-order chi connectivity index (χ0) is 20.7. The second-order valence-corrected chi connectivity index (χ2v) is 9.42. The fourth-order valence-electron chi connectivity index (χ4n) is 4.45. The second kappa shape index (κ2) is 7.96. The van der Waals surface area contributed by atoms with Crippen molar-refractivity contribution in [1.82, 2.24) is 15.5 Å². The van der Waals surface area contributed by atoms with E-state index in [1.54, 1.807) is 29.5 Å². The summed E-state index contributed by atoms with van der Waals surface area (Å²) in [5.41, 5.74) is 2.12. The Morgan fingerprint density at radius 3 is 2.77 bits per heavy atom. The monoisotopic (exact) mass is 425 g/mol. The van der Waals surface area contributed by atoms with Gasteiger partial charge >= 0.3 is 0 Å². The minimum Gasteiger partial charge on any atom is -0.507 e. The van der Waals surface area contributed by atoms with E-state index in [4.69, 9.17) is 4.74 Å². The van der Waals surface area contributed by atoms with Gasteiger partial charge < -0.3 is 15.2 Å². The van der Waals surface area contributed by atoms with Gasteiger partial charge in [0.15, 0.2) is 6.17 Å². The molecule has 0 aliphatic carbocycles. The number of rotatable bonds is 4. The van der Waals surface area contributed by atoms with Crippen LogP contribution >= 0.6 is 11.3 Å². The average molecular weight is 426 g/mol. The number of fused-ring (bicyclic) bond motifs is 2. The lowest BCUT2D eigenvalue weighted by atomic mass is 9.84. The minimum absolute atomic E-state index is 0.127. The highest BCUT2D eigenvalue weighted by Gasteiger charge is 2.41. The smallest absolute Gasteiger partial charge is 0.233 e. The van der Waals surface area contributed by atoms with E-state index in [1.165, 1.54) is 4.88 Å². The zero-order valence-corrected chi connectivity index (χ0v) is 17.5. The lowest BCUT2D eigenvalue weighted by molar-refractivity contribution is 0.00652. The number of thiophene rings is 1. The van der Waals surface area contributed by atoms with Gasteiger partial charge in [-0.2, -0.15) is 0 Å². The molecule has 2 N–H and O–H groups in total. The highest BCUT2D eigenvalue weighted by atomic mass is 32.1. The Kier molecular flexibility index (Phi) is 5.16. The molecular weight excluding hydrogens is 401 g/mol. The number of halogens is 1. The molecule has 1 aromatic carbocycles. The number of aromatic nitrogens is 2. The van der Waals surface area contributed by atoms with Crippen molar-refractivity contribution in [2.45, 2.75) is 57.0 Å². The maximum Gasteiger partial charge on any atom is 0.233 e. The van der Waals surface area contributed by atoms with Gasteiger partial charge in [-0.3, -0.25) is 0 Å². The van der Waals surface area contributed by atoms with E-state index in [0.29, 0.717) is 29.6 Å². The van der Waals surface area contributed by atoms with Crippen molar-refractivity contribution in [2.75, 3.05) is 0 Å². The maximum atomic E-state index is 14.7. The molecular formula is C23H24FN3O2S. The standard InChI is InChI=1S/C23H24FN3O2S/c1-13-5-9-21(30-13)14-6-7-16(19(28)11-14)17-8-10-22(27-26-17)29-20-12-15-3-2-4-18(25-15)23(20)24/h5-11,15,18,20,23,25,28H,2-4,12H2,1H3/t15?,18?,20-,23+/m1/s1. The Bertz CT molecular complexity index is 1040. The van der Waals surface area contributed by atoms with Crippen LogP contribution in [0.15, 0.2) is 42.5 Å². The summed E-state index contributed by atoms with van der Waals surface area (Å²) < 4.78 is 20.6. The summed E-state index contributed by atoms with van der Waals surface area (Å²) in [6.07, 6.45) is 2.09. The van der Waals surface area contributed by atoms with E-state index in [1.807, 2.05) is 18.2 Å². The second-order valence-electron chi connectivity index (χ2n) is 8.14. The predicted octanol–water partition coefficient (Wildman–Crippen LogP) is 4.89. The highest BCUT2D eigenvalue weighted by Crippen LogP contribution is 2.35. The van der Waals surface area contributed by atoms with E-state index in [-0.39, 0.29) is 11.8 Å². The molecule has 0 spiro atoms. The molecule has 5 nitrogen and oxygen atoms in total. The summed E-state index contributed by atoms with van der Waals surface area (Å²) >= 11 is 1.69. The van der Waals surface area contributed by atoms with Crippen molar-refractivity contribution in [3.05, 3.63) is 47.3 Å². The number of ether oxygens (including phenoxy) is 1. The summed E-state index contributed by atoms with van der Waals surface area (Å²) in [7, 11) is 0. The maximum absolute atomic E-state index is 14.7. The fourth-order valence-corrected chi connectivity index (χ4v) is 5.31. The van der Waals surface area contributed by atoms with Gasteiger partial charge in [0.05, 0.1) is 5.69 Å². The van der Waals surface area contributed by atoms with Crippen molar-refractivity contribution in [1.29, 1.82) is 0 Å². The van der Waals surface area contributed by atoms with E-state index >= 15 is 0 Å². The summed E-state index contributed by atoms with van der Waals surface area (Å²) in [5.74, 6) is 0.466. The molecule has 2 fully saturated rings. The van der Waals surface area contributed by atoms with E-state index in [2.05, 4.69) is 28.5 Å². The van der Waals surface area contributed by atoms with Crippen LogP contribution in [-0.4, -0.2) is 39.7 Å². The number of aryl methyl sites for hydroxylation is 1. The molecule has 3 aromatic rings. The Labute approximate surface area is 178 Å². The highest BCUT2D eigenvalue weighted by molar-refractivity contribution is 7.15. The van der Waals surface area contributed by atoms with Crippen LogP contribution in [0.4, 0.5) is 4.39 Å². The van der Waals surface area contributed by atoms with Gasteiger partial charge in [0.1, 0.15) is 11.9 Å². The van der Waals surface area contributed by atoms with Crippen LogP contribution in [0.1, 0.15) is 30.6 Å². The number of benzene rings is 1. The number of nitrogens with one attached hydrogen (secondary N) is 1. The lowest BCUT2D eigenvalue weighted by Gasteiger charge is -2.42. The Morgan fingerprint density at radius 1 is 1.13 bits per heavy atom. The molecule has 2 aromatic heterocycles. The van der Waals surface area contributed by atoms with Crippen molar-refractivity contribution >= 4 is 11.3 Å². The van der Waals surface area contributed by atoms with E-state index in [0.717, 1.165) is 29.7 Å². The van der Waals surface area contributed by atoms with Gasteiger partial charge in [-0.1, -0.05) is 12.5 Å². The third-order valence-corrected chi connectivity index (χ3v) is 7.03. The van der Waals surface area contributed by atoms with E-state index in [9.17, 15) is 9.50 Å². The first-order chi connectivity index (χ1) is 14.6. The van der Waals surface area contributed by atoms with Gasteiger partial charge in [-0.25, -0.2) is 4.39 Å². The third-order valence-electron chi connectivity index (χ3n) is 5.98. The van der Waals surface area contributed by atoms with Gasteiger partial charge in [-0.05, 0) is 55.7 Å². The van der Waals surface area contributed by atoms with Gasteiger partial charge in [0, 0.05) is 39.9 Å². The molecule has 7 heteroatoms. The van der Waals surface area contributed by atoms with Gasteiger partial charge in [0.2, 0.25) is 5.88 Å². The number of hydrogen-bond acceptors (Lipinski definition) is 6. The van der Waals surface area contributed by atoms with Crippen molar-refractivity contribution in [3.8, 4) is 33.3 Å². The molecule has 2 aliphatic rings. The number of aromatic hydroxyl groups is 1. The molecule has 0 saturated carbocycles. The molecule has 2 unspecified atom stereocenters. The molecule has 156 valence electrons. The molecule has 0 radical (unpaired) electrons. The zero-order valence-electron chi connectivity index (χ0n) is 16.7. The number of alkyl halides is 1. The lowest BCUT2D eigenvalue weighted by Crippen LogP contribution is -2.59. The van der Waals surface area contributed by atoms with Crippen LogP contribution in [0, 0.1) is 6.92 Å². The van der Waals surface area contributed by atoms with Crippen molar-refractivity contribution in [2.24, 2.45) is 0 Å². The van der Waals surface area contributed by atoms with Crippen LogP contribution in [0.3, 0.4) is 0 Å². The first-order valence-electron chi connectivity index (χ1n) is 10.4. The Hall–Kier alpha value is -2.51. The molecule has 30 heavy (non-hydrogen) atoms. The summed E-state index contributed by atoms with van der Waals surface area (Å²) in [6.45, 7) is 2.06. The quantitative estimate of drug-likeness (QED) is 0.623. The normalized spacial score (nSPS) is 25.8. The van der Waals surface area contributed by atoms with Crippen LogP contribution in [0.2, 0.25) is 0 Å². The number of phenolic OH excluding ortho intramolecular Hbond substituents is 1. The largest absolute Gasteiger partial charge is 0.507 e. The molecule has 2 aliphatic heterocycles. The Morgan fingerprint density at radius 2 is 2.03 bits per heavy atom. The SMILES string of the molecule is Cc1ccc(-c2ccc(-c3ccc(O[C@@H]4CC5CCCC(N5)[C@@H]4F)nn3)c(O)c2)s1. The molecule has 2 bridgehead atoms. The van der Waals surface area contributed by atoms with Crippen LogP contribution in [0.25, 0.3) is 21.7 Å². The van der Waals surface area contributed by atoms with Gasteiger partial charge in [0.25, 0.3) is 0 Å². The topological polar surface area (TPSA) is 67.3 Å². The first kappa shape index (κ1) is 19.5.